The topological polar surface area (TPSA) is 46.5 Å². The SMILES string of the molecule is CC1=C2CC[C@@]3(C)CCC[C@@](C)(O)[C@H]3[C@H]2OC1=O. The Labute approximate surface area is 108 Å². The summed E-state index contributed by atoms with van der Waals surface area (Å²) >= 11 is 0. The Kier molecular flexibility index (Phi) is 2.44. The molecule has 18 heavy (non-hydrogen) atoms. The molecule has 0 unspecified atom stereocenters. The van der Waals surface area contributed by atoms with E-state index in [1.807, 2.05) is 13.8 Å². The molecule has 0 bridgehead atoms. The van der Waals surface area contributed by atoms with Crippen LogP contribution >= 0.6 is 0 Å². The molecule has 4 atom stereocenters. The van der Waals surface area contributed by atoms with E-state index in [1.165, 1.54) is 0 Å². The Balaban J connectivity index is 2.04. The second-order valence-corrected chi connectivity index (χ2v) is 6.82. The standard InChI is InChI=1S/C15H22O3/c1-9-10-5-8-14(2)6-4-7-15(3,17)12(14)11(10)18-13(9)16/h11-12,17H,4-8H2,1-3H3/t11-,12-,14+,15+/m0/s1. The average Bonchev–Trinajstić information content (AvgIpc) is 2.52. The van der Waals surface area contributed by atoms with Crippen LogP contribution in [0.4, 0.5) is 0 Å². The third kappa shape index (κ3) is 1.49. The lowest BCUT2D eigenvalue weighted by molar-refractivity contribution is -0.169. The monoisotopic (exact) mass is 250 g/mol. The molecule has 3 aliphatic rings. The van der Waals surface area contributed by atoms with Crippen molar-refractivity contribution in [2.24, 2.45) is 11.3 Å². The van der Waals surface area contributed by atoms with Gasteiger partial charge in [-0.3, -0.25) is 0 Å². The first kappa shape index (κ1) is 12.2. The quantitative estimate of drug-likeness (QED) is 0.672. The average molecular weight is 250 g/mol. The fourth-order valence-corrected chi connectivity index (χ4v) is 4.52. The normalized spacial score (nSPS) is 47.7. The summed E-state index contributed by atoms with van der Waals surface area (Å²) in [5.41, 5.74) is 1.32. The molecule has 2 saturated carbocycles. The fraction of sp³-hybridized carbons (Fsp3) is 0.800. The predicted molar refractivity (Wildman–Crippen MR) is 67.9 cm³/mol. The van der Waals surface area contributed by atoms with Gasteiger partial charge in [0.05, 0.1) is 5.60 Å². The lowest BCUT2D eigenvalue weighted by atomic mass is 9.53. The first-order chi connectivity index (χ1) is 8.35. The smallest absolute Gasteiger partial charge is 0.334 e. The summed E-state index contributed by atoms with van der Waals surface area (Å²) in [4.78, 5) is 11.8. The Morgan fingerprint density at radius 1 is 1.28 bits per heavy atom. The van der Waals surface area contributed by atoms with Crippen molar-refractivity contribution in [2.75, 3.05) is 0 Å². The molecule has 2 fully saturated rings. The lowest BCUT2D eigenvalue weighted by Crippen LogP contribution is -2.56. The molecule has 2 aliphatic carbocycles. The van der Waals surface area contributed by atoms with Gasteiger partial charge in [0, 0.05) is 11.5 Å². The van der Waals surface area contributed by atoms with Gasteiger partial charge in [0.2, 0.25) is 0 Å². The van der Waals surface area contributed by atoms with E-state index < -0.39 is 5.60 Å². The van der Waals surface area contributed by atoms with E-state index in [2.05, 4.69) is 6.92 Å². The van der Waals surface area contributed by atoms with Crippen molar-refractivity contribution in [3.63, 3.8) is 0 Å². The number of aliphatic hydroxyl groups is 1. The van der Waals surface area contributed by atoms with Crippen LogP contribution in [0.5, 0.6) is 0 Å². The summed E-state index contributed by atoms with van der Waals surface area (Å²) in [5.74, 6) is -0.121. The molecule has 0 radical (unpaired) electrons. The van der Waals surface area contributed by atoms with E-state index >= 15 is 0 Å². The highest BCUT2D eigenvalue weighted by molar-refractivity contribution is 5.91. The molecule has 0 aromatic carbocycles. The van der Waals surface area contributed by atoms with Crippen molar-refractivity contribution in [1.82, 2.24) is 0 Å². The van der Waals surface area contributed by atoms with Crippen LogP contribution in [0.3, 0.4) is 0 Å². The van der Waals surface area contributed by atoms with Crippen LogP contribution < -0.4 is 0 Å². The summed E-state index contributed by atoms with van der Waals surface area (Å²) in [6.45, 7) is 6.03. The first-order valence-corrected chi connectivity index (χ1v) is 6.98. The zero-order valence-electron chi connectivity index (χ0n) is 11.5. The van der Waals surface area contributed by atoms with Crippen molar-refractivity contribution in [2.45, 2.75) is 64.6 Å². The maximum absolute atomic E-state index is 11.8. The largest absolute Gasteiger partial charge is 0.454 e. The molecule has 3 nitrogen and oxygen atoms in total. The first-order valence-electron chi connectivity index (χ1n) is 6.98. The Morgan fingerprint density at radius 3 is 2.72 bits per heavy atom. The third-order valence-corrected chi connectivity index (χ3v) is 5.49. The Bertz CT molecular complexity index is 435. The van der Waals surface area contributed by atoms with E-state index in [4.69, 9.17) is 4.74 Å². The highest BCUT2D eigenvalue weighted by Gasteiger charge is 2.57. The van der Waals surface area contributed by atoms with Crippen LogP contribution in [0.15, 0.2) is 11.1 Å². The second kappa shape index (κ2) is 3.60. The van der Waals surface area contributed by atoms with Crippen molar-refractivity contribution >= 4 is 5.97 Å². The van der Waals surface area contributed by atoms with Gasteiger partial charge in [-0.15, -0.1) is 0 Å². The van der Waals surface area contributed by atoms with Gasteiger partial charge in [-0.05, 0) is 50.5 Å². The maximum Gasteiger partial charge on any atom is 0.334 e. The van der Waals surface area contributed by atoms with E-state index in [0.29, 0.717) is 0 Å². The zero-order chi connectivity index (χ0) is 13.1. The van der Waals surface area contributed by atoms with Crippen LogP contribution in [-0.4, -0.2) is 22.8 Å². The molecule has 0 spiro atoms. The van der Waals surface area contributed by atoms with E-state index in [-0.39, 0.29) is 23.4 Å². The summed E-state index contributed by atoms with van der Waals surface area (Å²) in [6, 6.07) is 0. The summed E-state index contributed by atoms with van der Waals surface area (Å²) in [6.07, 6.45) is 4.85. The van der Waals surface area contributed by atoms with Gasteiger partial charge in [-0.1, -0.05) is 13.3 Å². The van der Waals surface area contributed by atoms with Gasteiger partial charge >= 0.3 is 5.97 Å². The zero-order valence-corrected chi connectivity index (χ0v) is 11.5. The molecule has 1 aliphatic heterocycles. The predicted octanol–water partition coefficient (Wildman–Crippen LogP) is 2.58. The molecule has 3 rings (SSSR count). The molecular weight excluding hydrogens is 228 g/mol. The molecule has 0 amide bonds. The van der Waals surface area contributed by atoms with Gasteiger partial charge in [-0.25, -0.2) is 4.79 Å². The lowest BCUT2D eigenvalue weighted by Gasteiger charge is -2.54. The number of carbonyl (C=O) groups excluding carboxylic acids is 1. The number of ether oxygens (including phenoxy) is 1. The van der Waals surface area contributed by atoms with Crippen molar-refractivity contribution in [1.29, 1.82) is 0 Å². The molecule has 0 saturated heterocycles. The minimum atomic E-state index is -0.714. The number of fused-ring (bicyclic) bond motifs is 3. The third-order valence-electron chi connectivity index (χ3n) is 5.49. The molecule has 100 valence electrons. The Morgan fingerprint density at radius 2 is 2.00 bits per heavy atom. The highest BCUT2D eigenvalue weighted by atomic mass is 16.5. The van der Waals surface area contributed by atoms with Gasteiger partial charge in [0.15, 0.2) is 0 Å². The van der Waals surface area contributed by atoms with Crippen molar-refractivity contribution in [3.8, 4) is 0 Å². The van der Waals surface area contributed by atoms with E-state index in [9.17, 15) is 9.90 Å². The molecule has 0 aromatic heterocycles. The summed E-state index contributed by atoms with van der Waals surface area (Å²) in [5, 5.41) is 10.7. The summed E-state index contributed by atoms with van der Waals surface area (Å²) < 4.78 is 5.57. The van der Waals surface area contributed by atoms with Gasteiger partial charge in [0.25, 0.3) is 0 Å². The van der Waals surface area contributed by atoms with Crippen LogP contribution in [0.25, 0.3) is 0 Å². The van der Waals surface area contributed by atoms with Crippen LogP contribution in [0, 0.1) is 11.3 Å². The Hall–Kier alpha value is -0.830. The van der Waals surface area contributed by atoms with Crippen LogP contribution in [-0.2, 0) is 9.53 Å². The van der Waals surface area contributed by atoms with Crippen LogP contribution in [0.1, 0.15) is 52.9 Å². The number of esters is 1. The van der Waals surface area contributed by atoms with E-state index in [1.54, 1.807) is 0 Å². The van der Waals surface area contributed by atoms with Gasteiger partial charge in [-0.2, -0.15) is 0 Å². The van der Waals surface area contributed by atoms with E-state index in [0.717, 1.165) is 43.3 Å². The number of carbonyl (C=O) groups is 1. The molecule has 0 aromatic rings. The number of hydrogen-bond donors (Lipinski definition) is 1. The number of hydrogen-bond acceptors (Lipinski definition) is 3. The van der Waals surface area contributed by atoms with Crippen molar-refractivity contribution < 1.29 is 14.6 Å². The van der Waals surface area contributed by atoms with Gasteiger partial charge in [0.1, 0.15) is 6.10 Å². The molecule has 1 N–H and O–H groups in total. The van der Waals surface area contributed by atoms with Gasteiger partial charge < -0.3 is 9.84 Å². The number of rotatable bonds is 0. The summed E-state index contributed by atoms with van der Waals surface area (Å²) in [7, 11) is 0. The highest BCUT2D eigenvalue weighted by Crippen LogP contribution is 2.57. The maximum atomic E-state index is 11.8. The fourth-order valence-electron chi connectivity index (χ4n) is 4.52. The minimum Gasteiger partial charge on any atom is -0.454 e. The minimum absolute atomic E-state index is 0.0592. The molecular formula is C15H22O3. The second-order valence-electron chi connectivity index (χ2n) is 6.82. The molecule has 1 heterocycles. The van der Waals surface area contributed by atoms with Crippen molar-refractivity contribution in [3.05, 3.63) is 11.1 Å². The van der Waals surface area contributed by atoms with Crippen LogP contribution in [0.2, 0.25) is 0 Å². The molecule has 3 heteroatoms.